The minimum absolute atomic E-state index is 0.153. The average molecular weight is 309 g/mol. The fourth-order valence-corrected chi connectivity index (χ4v) is 4.04. The molecule has 0 amide bonds. The number of fused-ring (bicyclic) bond motifs is 1. The maximum Gasteiger partial charge on any atom is 0.0981 e. The molecule has 4 nitrogen and oxygen atoms in total. The summed E-state index contributed by atoms with van der Waals surface area (Å²) < 4.78 is 5.97. The molecule has 0 radical (unpaired) electrons. The standard InChI is InChI=1S/C16H27N3OS/c1-16(2,3)15-18-9-14(21-15)8-17-7-13-10-19-6-4-5-12(19)11-20-13/h9,12-13,17H,4-8,10-11H2,1-3H3. The molecule has 2 aliphatic rings. The SMILES string of the molecule is CC(C)(C)c1ncc(CNCC2CN3CCCC3CO2)s1. The first kappa shape index (κ1) is 15.4. The Morgan fingerprint density at radius 2 is 2.33 bits per heavy atom. The zero-order chi connectivity index (χ0) is 14.9. The van der Waals surface area contributed by atoms with Gasteiger partial charge in [0.1, 0.15) is 0 Å². The number of aromatic nitrogens is 1. The highest BCUT2D eigenvalue weighted by molar-refractivity contribution is 7.11. The molecule has 3 rings (SSSR count). The van der Waals surface area contributed by atoms with Crippen LogP contribution in [-0.2, 0) is 16.7 Å². The van der Waals surface area contributed by atoms with Crippen LogP contribution in [0.25, 0.3) is 0 Å². The summed E-state index contributed by atoms with van der Waals surface area (Å²) in [7, 11) is 0. The minimum atomic E-state index is 0.153. The molecule has 118 valence electrons. The van der Waals surface area contributed by atoms with Crippen LogP contribution in [0.1, 0.15) is 43.5 Å². The molecular weight excluding hydrogens is 282 g/mol. The number of hydrogen-bond acceptors (Lipinski definition) is 5. The Labute approximate surface area is 131 Å². The average Bonchev–Trinajstić information content (AvgIpc) is 3.05. The number of ether oxygens (including phenoxy) is 1. The molecule has 1 N–H and O–H groups in total. The molecule has 2 unspecified atom stereocenters. The fraction of sp³-hybridized carbons (Fsp3) is 0.812. The lowest BCUT2D eigenvalue weighted by atomic mass is 9.98. The van der Waals surface area contributed by atoms with Gasteiger partial charge in [0.05, 0.1) is 17.7 Å². The smallest absolute Gasteiger partial charge is 0.0981 e. The molecular formula is C16H27N3OS. The topological polar surface area (TPSA) is 37.4 Å². The first-order chi connectivity index (χ1) is 10.0. The van der Waals surface area contributed by atoms with Gasteiger partial charge in [-0.2, -0.15) is 0 Å². The summed E-state index contributed by atoms with van der Waals surface area (Å²) in [6, 6.07) is 0.692. The van der Waals surface area contributed by atoms with E-state index in [4.69, 9.17) is 4.74 Å². The third kappa shape index (κ3) is 3.83. The molecule has 0 bridgehead atoms. The fourth-order valence-electron chi connectivity index (χ4n) is 3.10. The Morgan fingerprint density at radius 3 is 3.10 bits per heavy atom. The van der Waals surface area contributed by atoms with E-state index in [1.165, 1.54) is 29.3 Å². The molecule has 0 aliphatic carbocycles. The van der Waals surface area contributed by atoms with Crippen LogP contribution in [0.4, 0.5) is 0 Å². The molecule has 2 fully saturated rings. The number of rotatable bonds is 4. The molecule has 1 aromatic rings. The zero-order valence-electron chi connectivity index (χ0n) is 13.4. The third-order valence-electron chi connectivity index (χ3n) is 4.33. The van der Waals surface area contributed by atoms with E-state index < -0.39 is 0 Å². The van der Waals surface area contributed by atoms with Crippen molar-refractivity contribution in [2.75, 3.05) is 26.2 Å². The van der Waals surface area contributed by atoms with Crippen LogP contribution in [0, 0.1) is 0 Å². The van der Waals surface area contributed by atoms with Crippen molar-refractivity contribution in [3.63, 3.8) is 0 Å². The van der Waals surface area contributed by atoms with Crippen LogP contribution in [0.15, 0.2) is 6.20 Å². The van der Waals surface area contributed by atoms with E-state index in [1.807, 2.05) is 17.5 Å². The van der Waals surface area contributed by atoms with Crippen molar-refractivity contribution in [2.45, 2.75) is 57.7 Å². The summed E-state index contributed by atoms with van der Waals surface area (Å²) >= 11 is 1.82. The number of nitrogens with zero attached hydrogens (tertiary/aromatic N) is 2. The van der Waals surface area contributed by atoms with Crippen molar-refractivity contribution in [2.24, 2.45) is 0 Å². The lowest BCUT2D eigenvalue weighted by Gasteiger charge is -2.35. The second-order valence-corrected chi connectivity index (χ2v) is 8.37. The van der Waals surface area contributed by atoms with Gasteiger partial charge in [-0.1, -0.05) is 20.8 Å². The van der Waals surface area contributed by atoms with Crippen LogP contribution in [0.5, 0.6) is 0 Å². The molecule has 2 saturated heterocycles. The van der Waals surface area contributed by atoms with Gasteiger partial charge in [-0.25, -0.2) is 4.98 Å². The summed E-state index contributed by atoms with van der Waals surface area (Å²) in [5.74, 6) is 0. The first-order valence-corrected chi connectivity index (χ1v) is 8.85. The van der Waals surface area contributed by atoms with E-state index in [-0.39, 0.29) is 5.41 Å². The Hall–Kier alpha value is -0.490. The van der Waals surface area contributed by atoms with Crippen molar-refractivity contribution < 1.29 is 4.74 Å². The van der Waals surface area contributed by atoms with Crippen LogP contribution in [0.3, 0.4) is 0 Å². The summed E-state index contributed by atoms with van der Waals surface area (Å²) in [5.41, 5.74) is 0.153. The molecule has 0 spiro atoms. The molecule has 2 atom stereocenters. The van der Waals surface area contributed by atoms with Gasteiger partial charge in [0, 0.05) is 42.2 Å². The first-order valence-electron chi connectivity index (χ1n) is 8.04. The summed E-state index contributed by atoms with van der Waals surface area (Å²) in [6.07, 6.45) is 5.01. The van der Waals surface area contributed by atoms with Crippen molar-refractivity contribution in [1.82, 2.24) is 15.2 Å². The summed E-state index contributed by atoms with van der Waals surface area (Å²) in [4.78, 5) is 8.45. The Bertz CT molecular complexity index is 468. The van der Waals surface area contributed by atoms with E-state index in [0.717, 1.165) is 26.2 Å². The number of hydrogen-bond donors (Lipinski definition) is 1. The Morgan fingerprint density at radius 1 is 1.48 bits per heavy atom. The second kappa shape index (κ2) is 6.32. The van der Waals surface area contributed by atoms with E-state index in [2.05, 4.69) is 36.0 Å². The van der Waals surface area contributed by atoms with Crippen LogP contribution < -0.4 is 5.32 Å². The zero-order valence-corrected chi connectivity index (χ0v) is 14.2. The van der Waals surface area contributed by atoms with Gasteiger partial charge >= 0.3 is 0 Å². The molecule has 0 saturated carbocycles. The lowest BCUT2D eigenvalue weighted by Crippen LogP contribution is -2.49. The molecule has 5 heteroatoms. The third-order valence-corrected chi connectivity index (χ3v) is 5.75. The molecule has 1 aromatic heterocycles. The van der Waals surface area contributed by atoms with Gasteiger partial charge in [-0.05, 0) is 19.4 Å². The highest BCUT2D eigenvalue weighted by atomic mass is 32.1. The molecule has 21 heavy (non-hydrogen) atoms. The molecule has 2 aliphatic heterocycles. The van der Waals surface area contributed by atoms with Gasteiger partial charge < -0.3 is 10.1 Å². The molecule has 3 heterocycles. The monoisotopic (exact) mass is 309 g/mol. The van der Waals surface area contributed by atoms with Crippen LogP contribution in [0.2, 0.25) is 0 Å². The van der Waals surface area contributed by atoms with Gasteiger partial charge in [0.25, 0.3) is 0 Å². The van der Waals surface area contributed by atoms with Crippen molar-refractivity contribution >= 4 is 11.3 Å². The number of thiazole rings is 1. The quantitative estimate of drug-likeness (QED) is 0.927. The van der Waals surface area contributed by atoms with Crippen molar-refractivity contribution in [3.8, 4) is 0 Å². The van der Waals surface area contributed by atoms with Crippen LogP contribution >= 0.6 is 11.3 Å². The summed E-state index contributed by atoms with van der Waals surface area (Å²) in [6.45, 7) is 11.7. The summed E-state index contributed by atoms with van der Waals surface area (Å²) in [5, 5.41) is 4.75. The van der Waals surface area contributed by atoms with Crippen molar-refractivity contribution in [3.05, 3.63) is 16.1 Å². The van der Waals surface area contributed by atoms with E-state index in [1.54, 1.807) is 0 Å². The maximum absolute atomic E-state index is 5.97. The van der Waals surface area contributed by atoms with E-state index in [9.17, 15) is 0 Å². The van der Waals surface area contributed by atoms with Gasteiger partial charge in [-0.15, -0.1) is 11.3 Å². The predicted octanol–water partition coefficient (Wildman–Crippen LogP) is 2.39. The maximum atomic E-state index is 5.97. The van der Waals surface area contributed by atoms with Gasteiger partial charge in [-0.3, -0.25) is 4.90 Å². The van der Waals surface area contributed by atoms with E-state index in [0.29, 0.717) is 12.1 Å². The predicted molar refractivity (Wildman–Crippen MR) is 86.9 cm³/mol. The number of nitrogens with one attached hydrogen (secondary N) is 1. The van der Waals surface area contributed by atoms with E-state index >= 15 is 0 Å². The Kier molecular flexibility index (Phi) is 4.64. The largest absolute Gasteiger partial charge is 0.374 e. The van der Waals surface area contributed by atoms with Crippen LogP contribution in [-0.4, -0.2) is 48.3 Å². The van der Waals surface area contributed by atoms with Gasteiger partial charge in [0.15, 0.2) is 0 Å². The lowest BCUT2D eigenvalue weighted by molar-refractivity contribution is -0.0470. The highest BCUT2D eigenvalue weighted by Gasteiger charge is 2.31. The second-order valence-electron chi connectivity index (χ2n) is 7.26. The number of morpholine rings is 1. The molecule has 0 aromatic carbocycles. The normalized spacial score (nSPS) is 27.0. The minimum Gasteiger partial charge on any atom is -0.374 e. The Balaban J connectivity index is 1.43. The van der Waals surface area contributed by atoms with Crippen molar-refractivity contribution in [1.29, 1.82) is 0 Å². The van der Waals surface area contributed by atoms with Gasteiger partial charge in [0.2, 0.25) is 0 Å². The highest BCUT2D eigenvalue weighted by Crippen LogP contribution is 2.26.